The smallest absolute Gasteiger partial charge is 0.224 e. The average molecular weight is 368 g/mol. The summed E-state index contributed by atoms with van der Waals surface area (Å²) < 4.78 is 0. The van der Waals surface area contributed by atoms with Crippen molar-refractivity contribution in [3.63, 3.8) is 0 Å². The Labute approximate surface area is 154 Å². The molecule has 2 fully saturated rings. The summed E-state index contributed by atoms with van der Waals surface area (Å²) in [5, 5.41) is 6.52. The Kier molecular flexibility index (Phi) is 10.1. The highest BCUT2D eigenvalue weighted by Crippen LogP contribution is 2.27. The summed E-state index contributed by atoms with van der Waals surface area (Å²) >= 11 is 0. The van der Waals surface area contributed by atoms with Crippen molar-refractivity contribution in [3.05, 3.63) is 0 Å². The first kappa shape index (κ1) is 23.0. The van der Waals surface area contributed by atoms with Gasteiger partial charge in [-0.05, 0) is 51.5 Å². The summed E-state index contributed by atoms with van der Waals surface area (Å²) in [7, 11) is 0. The zero-order chi connectivity index (χ0) is 15.5. The minimum absolute atomic E-state index is 0. The highest BCUT2D eigenvalue weighted by atomic mass is 35.5. The molecule has 138 valence electrons. The SMILES string of the molecule is CC1CC(C)CN(C(C)(C)CNC(=O)C2CCCNC2)C1.Cl.Cl. The van der Waals surface area contributed by atoms with Crippen LogP contribution in [0.5, 0.6) is 0 Å². The number of nitrogens with one attached hydrogen (secondary N) is 2. The summed E-state index contributed by atoms with van der Waals surface area (Å²) in [5.41, 5.74) is 0.0424. The van der Waals surface area contributed by atoms with Crippen molar-refractivity contribution in [2.24, 2.45) is 17.8 Å². The van der Waals surface area contributed by atoms with Gasteiger partial charge in [0.15, 0.2) is 0 Å². The fourth-order valence-electron chi connectivity index (χ4n) is 3.79. The molecule has 23 heavy (non-hydrogen) atoms. The zero-order valence-corrected chi connectivity index (χ0v) is 16.7. The van der Waals surface area contributed by atoms with Gasteiger partial charge >= 0.3 is 0 Å². The maximum Gasteiger partial charge on any atom is 0.224 e. The molecule has 2 saturated heterocycles. The van der Waals surface area contributed by atoms with E-state index in [1.54, 1.807) is 0 Å². The lowest BCUT2D eigenvalue weighted by Gasteiger charge is -2.45. The number of likely N-dealkylation sites (tertiary alicyclic amines) is 1. The van der Waals surface area contributed by atoms with Gasteiger partial charge in [0, 0.05) is 31.7 Å². The number of hydrogen-bond acceptors (Lipinski definition) is 3. The maximum absolute atomic E-state index is 12.3. The van der Waals surface area contributed by atoms with Crippen LogP contribution < -0.4 is 10.6 Å². The Morgan fingerprint density at radius 2 is 1.83 bits per heavy atom. The number of carbonyl (C=O) groups is 1. The van der Waals surface area contributed by atoms with E-state index in [1.165, 1.54) is 6.42 Å². The van der Waals surface area contributed by atoms with E-state index < -0.39 is 0 Å². The topological polar surface area (TPSA) is 44.4 Å². The summed E-state index contributed by atoms with van der Waals surface area (Å²) in [6.45, 7) is 14.1. The largest absolute Gasteiger partial charge is 0.354 e. The van der Waals surface area contributed by atoms with Crippen LogP contribution >= 0.6 is 24.8 Å². The molecular formula is C17H35Cl2N3O. The van der Waals surface area contributed by atoms with Crippen molar-refractivity contribution in [2.45, 2.75) is 52.5 Å². The van der Waals surface area contributed by atoms with E-state index in [1.807, 2.05) is 0 Å². The van der Waals surface area contributed by atoms with Crippen molar-refractivity contribution in [1.29, 1.82) is 0 Å². The van der Waals surface area contributed by atoms with Crippen molar-refractivity contribution in [1.82, 2.24) is 15.5 Å². The number of rotatable bonds is 4. The molecular weight excluding hydrogens is 333 g/mol. The Balaban J connectivity index is 0.00000242. The first-order chi connectivity index (χ1) is 9.88. The van der Waals surface area contributed by atoms with E-state index in [4.69, 9.17) is 0 Å². The van der Waals surface area contributed by atoms with Gasteiger partial charge in [-0.25, -0.2) is 0 Å². The number of carbonyl (C=O) groups excluding carboxylic acids is 1. The van der Waals surface area contributed by atoms with Crippen LogP contribution in [0.3, 0.4) is 0 Å². The molecule has 0 spiro atoms. The van der Waals surface area contributed by atoms with Crippen LogP contribution in [-0.2, 0) is 4.79 Å². The predicted octanol–water partition coefficient (Wildman–Crippen LogP) is 2.70. The molecule has 4 nitrogen and oxygen atoms in total. The van der Waals surface area contributed by atoms with Gasteiger partial charge in [-0.1, -0.05) is 13.8 Å². The quantitative estimate of drug-likeness (QED) is 0.802. The first-order valence-electron chi connectivity index (χ1n) is 8.62. The molecule has 3 atom stereocenters. The molecule has 0 radical (unpaired) electrons. The van der Waals surface area contributed by atoms with Gasteiger partial charge in [-0.2, -0.15) is 0 Å². The third kappa shape index (κ3) is 6.77. The predicted molar refractivity (Wildman–Crippen MR) is 102 cm³/mol. The minimum Gasteiger partial charge on any atom is -0.354 e. The van der Waals surface area contributed by atoms with E-state index >= 15 is 0 Å². The number of amides is 1. The monoisotopic (exact) mass is 367 g/mol. The lowest BCUT2D eigenvalue weighted by atomic mass is 9.88. The Morgan fingerprint density at radius 3 is 2.35 bits per heavy atom. The van der Waals surface area contributed by atoms with Crippen LogP contribution in [0.25, 0.3) is 0 Å². The summed E-state index contributed by atoms with van der Waals surface area (Å²) in [6.07, 6.45) is 3.46. The molecule has 3 unspecified atom stereocenters. The third-order valence-electron chi connectivity index (χ3n) is 5.09. The van der Waals surface area contributed by atoms with Gasteiger partial charge in [-0.15, -0.1) is 24.8 Å². The second kappa shape index (κ2) is 10.1. The van der Waals surface area contributed by atoms with E-state index in [-0.39, 0.29) is 42.2 Å². The summed E-state index contributed by atoms with van der Waals surface area (Å²) in [4.78, 5) is 14.8. The molecule has 2 N–H and O–H groups in total. The summed E-state index contributed by atoms with van der Waals surface area (Å²) in [5.74, 6) is 1.90. The zero-order valence-electron chi connectivity index (χ0n) is 15.1. The lowest BCUT2D eigenvalue weighted by Crippen LogP contribution is -2.57. The molecule has 2 aliphatic rings. The van der Waals surface area contributed by atoms with Gasteiger partial charge < -0.3 is 10.6 Å². The van der Waals surface area contributed by atoms with Gasteiger partial charge in [0.2, 0.25) is 5.91 Å². The van der Waals surface area contributed by atoms with Crippen LogP contribution in [0.4, 0.5) is 0 Å². The van der Waals surface area contributed by atoms with Crippen LogP contribution in [-0.4, -0.2) is 49.1 Å². The van der Waals surface area contributed by atoms with Gasteiger partial charge in [0.25, 0.3) is 0 Å². The fourth-order valence-corrected chi connectivity index (χ4v) is 3.79. The first-order valence-corrected chi connectivity index (χ1v) is 8.62. The molecule has 2 rings (SSSR count). The van der Waals surface area contributed by atoms with Gasteiger partial charge in [0.05, 0.1) is 5.92 Å². The fraction of sp³-hybridized carbons (Fsp3) is 0.941. The highest BCUT2D eigenvalue weighted by Gasteiger charge is 2.33. The molecule has 0 bridgehead atoms. The molecule has 0 aromatic carbocycles. The van der Waals surface area contributed by atoms with Crippen molar-refractivity contribution in [2.75, 3.05) is 32.7 Å². The van der Waals surface area contributed by atoms with E-state index in [0.29, 0.717) is 0 Å². The molecule has 6 heteroatoms. The molecule has 0 aliphatic carbocycles. The van der Waals surface area contributed by atoms with Crippen molar-refractivity contribution < 1.29 is 4.79 Å². The number of nitrogens with zero attached hydrogens (tertiary/aromatic N) is 1. The van der Waals surface area contributed by atoms with E-state index in [9.17, 15) is 4.79 Å². The molecule has 0 aromatic heterocycles. The number of halogens is 2. The van der Waals surface area contributed by atoms with E-state index in [0.717, 1.165) is 57.4 Å². The van der Waals surface area contributed by atoms with Gasteiger partial charge in [-0.3, -0.25) is 9.69 Å². The minimum atomic E-state index is 0. The summed E-state index contributed by atoms with van der Waals surface area (Å²) in [6, 6.07) is 0. The average Bonchev–Trinajstić information content (AvgIpc) is 2.45. The van der Waals surface area contributed by atoms with Crippen molar-refractivity contribution in [3.8, 4) is 0 Å². The number of hydrogen-bond donors (Lipinski definition) is 2. The molecule has 2 aliphatic heterocycles. The number of piperidine rings is 2. The normalized spacial score (nSPS) is 29.1. The molecule has 2 heterocycles. The van der Waals surface area contributed by atoms with Gasteiger partial charge in [0.1, 0.15) is 0 Å². The molecule has 0 aromatic rings. The second-order valence-corrected chi connectivity index (χ2v) is 7.92. The van der Waals surface area contributed by atoms with Crippen molar-refractivity contribution >= 4 is 30.7 Å². The Hall–Kier alpha value is -0.0300. The molecule has 1 amide bonds. The Morgan fingerprint density at radius 1 is 1.22 bits per heavy atom. The second-order valence-electron chi connectivity index (χ2n) is 7.92. The highest BCUT2D eigenvalue weighted by molar-refractivity contribution is 5.85. The van der Waals surface area contributed by atoms with Crippen LogP contribution in [0.1, 0.15) is 47.0 Å². The standard InChI is InChI=1S/C17H33N3O.2ClH/c1-13-8-14(2)11-20(10-13)17(3,4)12-19-16(21)15-6-5-7-18-9-15;;/h13-15,18H,5-12H2,1-4H3,(H,19,21);2*1H. The third-order valence-corrected chi connectivity index (χ3v) is 5.09. The van der Waals surface area contributed by atoms with Crippen LogP contribution in [0, 0.1) is 17.8 Å². The van der Waals surface area contributed by atoms with Crippen LogP contribution in [0.15, 0.2) is 0 Å². The molecule has 0 saturated carbocycles. The lowest BCUT2D eigenvalue weighted by molar-refractivity contribution is -0.126. The Bertz CT molecular complexity index is 350. The van der Waals surface area contributed by atoms with Crippen LogP contribution in [0.2, 0.25) is 0 Å². The van der Waals surface area contributed by atoms with E-state index in [2.05, 4.69) is 43.2 Å². The maximum atomic E-state index is 12.3.